The van der Waals surface area contributed by atoms with Crippen LogP contribution in [-0.4, -0.2) is 29.8 Å². The summed E-state index contributed by atoms with van der Waals surface area (Å²) >= 11 is 0. The lowest BCUT2D eigenvalue weighted by Gasteiger charge is -2.33. The molecule has 3 heteroatoms. The van der Waals surface area contributed by atoms with Crippen molar-refractivity contribution in [1.29, 1.82) is 0 Å². The fourth-order valence-corrected chi connectivity index (χ4v) is 1.21. The monoisotopic (exact) mass is 209 g/mol. The molecule has 0 aliphatic heterocycles. The van der Waals surface area contributed by atoms with E-state index in [0.29, 0.717) is 12.3 Å². The van der Waals surface area contributed by atoms with Gasteiger partial charge in [0.2, 0.25) is 5.78 Å². The van der Waals surface area contributed by atoms with Gasteiger partial charge < -0.3 is 4.42 Å². The van der Waals surface area contributed by atoms with E-state index in [1.807, 2.05) is 7.05 Å². The summed E-state index contributed by atoms with van der Waals surface area (Å²) in [5.41, 5.74) is 0.0439. The Bertz CT molecular complexity index is 314. The molecule has 0 amide bonds. The largest absolute Gasteiger partial charge is 0.461 e. The highest BCUT2D eigenvalue weighted by Crippen LogP contribution is 2.16. The molecule has 15 heavy (non-hydrogen) atoms. The van der Waals surface area contributed by atoms with Crippen molar-refractivity contribution in [3.8, 4) is 0 Å². The van der Waals surface area contributed by atoms with E-state index in [2.05, 4.69) is 25.7 Å². The van der Waals surface area contributed by atoms with Gasteiger partial charge in [-0.1, -0.05) is 6.92 Å². The molecule has 1 heterocycles. The van der Waals surface area contributed by atoms with Gasteiger partial charge >= 0.3 is 0 Å². The average molecular weight is 209 g/mol. The molecule has 84 valence electrons. The number of nitrogens with zero attached hydrogens (tertiary/aromatic N) is 1. The predicted octanol–water partition coefficient (Wildman–Crippen LogP) is 2.58. The van der Waals surface area contributed by atoms with Gasteiger partial charge in [-0.25, -0.2) is 0 Å². The molecule has 0 saturated heterocycles. The van der Waals surface area contributed by atoms with Crippen molar-refractivity contribution in [1.82, 2.24) is 4.90 Å². The lowest BCUT2D eigenvalue weighted by atomic mass is 9.99. The summed E-state index contributed by atoms with van der Waals surface area (Å²) < 4.78 is 5.07. The van der Waals surface area contributed by atoms with Crippen molar-refractivity contribution < 1.29 is 9.21 Å². The van der Waals surface area contributed by atoms with Crippen molar-refractivity contribution >= 4 is 5.78 Å². The van der Waals surface area contributed by atoms with Gasteiger partial charge in [0.15, 0.2) is 5.76 Å². The molecule has 0 fully saturated rings. The molecule has 1 aromatic heterocycles. The van der Waals surface area contributed by atoms with Crippen molar-refractivity contribution in [3.05, 3.63) is 24.2 Å². The summed E-state index contributed by atoms with van der Waals surface area (Å²) in [6.07, 6.45) is 2.53. The van der Waals surface area contributed by atoms with Crippen LogP contribution < -0.4 is 0 Å². The zero-order chi connectivity index (χ0) is 11.5. The molecule has 0 bridgehead atoms. The van der Waals surface area contributed by atoms with E-state index in [1.165, 1.54) is 6.26 Å². The fraction of sp³-hybridized carbons (Fsp3) is 0.583. The highest BCUT2D eigenvalue weighted by atomic mass is 16.3. The second-order valence-corrected chi connectivity index (χ2v) is 4.42. The zero-order valence-electron chi connectivity index (χ0n) is 9.91. The van der Waals surface area contributed by atoms with E-state index in [1.54, 1.807) is 12.1 Å². The smallest absolute Gasteiger partial charge is 0.211 e. The third kappa shape index (κ3) is 2.93. The first-order valence-electron chi connectivity index (χ1n) is 5.25. The van der Waals surface area contributed by atoms with Gasteiger partial charge in [0, 0.05) is 5.54 Å². The highest BCUT2D eigenvalue weighted by Gasteiger charge is 2.24. The molecule has 1 rings (SSSR count). The normalized spacial score (nSPS) is 12.1. The number of hydrogen-bond donors (Lipinski definition) is 0. The van der Waals surface area contributed by atoms with E-state index in [4.69, 9.17) is 4.42 Å². The van der Waals surface area contributed by atoms with Gasteiger partial charge in [-0.2, -0.15) is 0 Å². The second-order valence-electron chi connectivity index (χ2n) is 4.42. The number of carbonyl (C=O) groups is 1. The van der Waals surface area contributed by atoms with Crippen LogP contribution in [-0.2, 0) is 0 Å². The molecule has 0 aromatic carbocycles. The van der Waals surface area contributed by atoms with E-state index in [-0.39, 0.29) is 11.3 Å². The van der Waals surface area contributed by atoms with Crippen LogP contribution in [0.5, 0.6) is 0 Å². The first-order valence-corrected chi connectivity index (χ1v) is 5.25. The number of Topliss-reactive ketones (excluding diaryl/α,β-unsaturated/α-hetero) is 1. The molecule has 0 unspecified atom stereocenters. The molecular weight excluding hydrogens is 190 g/mol. The van der Waals surface area contributed by atoms with Gasteiger partial charge in [-0.15, -0.1) is 0 Å². The molecule has 0 spiro atoms. The number of likely N-dealkylation sites (N-methyl/N-ethyl adjacent to an activating group) is 1. The van der Waals surface area contributed by atoms with E-state index >= 15 is 0 Å². The fourth-order valence-electron chi connectivity index (χ4n) is 1.21. The van der Waals surface area contributed by atoms with Crippen molar-refractivity contribution in [3.63, 3.8) is 0 Å². The Kier molecular flexibility index (Phi) is 3.69. The maximum atomic E-state index is 11.7. The van der Waals surface area contributed by atoms with Crippen molar-refractivity contribution in [2.24, 2.45) is 0 Å². The van der Waals surface area contributed by atoms with Gasteiger partial charge in [-0.05, 0) is 39.4 Å². The maximum Gasteiger partial charge on any atom is 0.211 e. The highest BCUT2D eigenvalue weighted by molar-refractivity contribution is 5.95. The first kappa shape index (κ1) is 12.0. The Morgan fingerprint density at radius 2 is 2.20 bits per heavy atom. The topological polar surface area (TPSA) is 33.5 Å². The minimum absolute atomic E-state index is 0.0315. The summed E-state index contributed by atoms with van der Waals surface area (Å²) in [6.45, 7) is 6.77. The van der Waals surface area contributed by atoms with Crippen molar-refractivity contribution in [2.45, 2.75) is 32.7 Å². The molecular formula is C12H19NO2. The van der Waals surface area contributed by atoms with Crippen LogP contribution in [0.3, 0.4) is 0 Å². The molecule has 0 N–H and O–H groups in total. The summed E-state index contributed by atoms with van der Waals surface area (Å²) in [5.74, 6) is 0.470. The maximum absolute atomic E-state index is 11.7. The Morgan fingerprint density at radius 3 is 2.67 bits per heavy atom. The quantitative estimate of drug-likeness (QED) is 0.699. The molecule has 0 atom stereocenters. The Labute approximate surface area is 91.1 Å². The number of ketones is 1. The van der Waals surface area contributed by atoms with Crippen LogP contribution in [0.2, 0.25) is 0 Å². The predicted molar refractivity (Wildman–Crippen MR) is 60.0 cm³/mol. The lowest BCUT2D eigenvalue weighted by molar-refractivity contribution is 0.0820. The molecule has 0 saturated carbocycles. The third-order valence-corrected chi connectivity index (χ3v) is 3.08. The molecule has 1 aromatic rings. The molecule has 0 aliphatic rings. The minimum Gasteiger partial charge on any atom is -0.461 e. The van der Waals surface area contributed by atoms with E-state index in [0.717, 1.165) is 6.42 Å². The number of furan rings is 1. The number of rotatable bonds is 5. The first-order chi connectivity index (χ1) is 6.97. The van der Waals surface area contributed by atoms with Crippen LogP contribution in [0, 0.1) is 0 Å². The zero-order valence-corrected chi connectivity index (χ0v) is 9.91. The van der Waals surface area contributed by atoms with Crippen LogP contribution in [0.25, 0.3) is 0 Å². The lowest BCUT2D eigenvalue weighted by Crippen LogP contribution is -2.43. The third-order valence-electron chi connectivity index (χ3n) is 3.08. The average Bonchev–Trinajstić information content (AvgIpc) is 2.70. The molecule has 0 aliphatic carbocycles. The van der Waals surface area contributed by atoms with Gasteiger partial charge in [0.1, 0.15) is 0 Å². The van der Waals surface area contributed by atoms with Crippen LogP contribution in [0.15, 0.2) is 22.8 Å². The summed E-state index contributed by atoms with van der Waals surface area (Å²) in [6, 6.07) is 3.44. The van der Waals surface area contributed by atoms with Crippen LogP contribution in [0.4, 0.5) is 0 Å². The SMILES string of the molecule is CCC(C)(C)N(C)CC(=O)c1ccco1. The van der Waals surface area contributed by atoms with Gasteiger partial charge in [-0.3, -0.25) is 9.69 Å². The van der Waals surface area contributed by atoms with E-state index in [9.17, 15) is 4.79 Å². The van der Waals surface area contributed by atoms with Crippen LogP contribution in [0.1, 0.15) is 37.7 Å². The number of carbonyl (C=O) groups excluding carboxylic acids is 1. The van der Waals surface area contributed by atoms with Crippen molar-refractivity contribution in [2.75, 3.05) is 13.6 Å². The van der Waals surface area contributed by atoms with Crippen LogP contribution >= 0.6 is 0 Å². The second kappa shape index (κ2) is 4.62. The Balaban J connectivity index is 2.60. The molecule has 3 nitrogen and oxygen atoms in total. The summed E-state index contributed by atoms with van der Waals surface area (Å²) in [4.78, 5) is 13.8. The van der Waals surface area contributed by atoms with Gasteiger partial charge in [0.05, 0.1) is 12.8 Å². The summed E-state index contributed by atoms with van der Waals surface area (Å²) in [7, 11) is 1.96. The van der Waals surface area contributed by atoms with Gasteiger partial charge in [0.25, 0.3) is 0 Å². The molecule has 0 radical (unpaired) electrons. The minimum atomic E-state index is 0.0315. The Morgan fingerprint density at radius 1 is 1.53 bits per heavy atom. The van der Waals surface area contributed by atoms with E-state index < -0.39 is 0 Å². The summed E-state index contributed by atoms with van der Waals surface area (Å²) in [5, 5.41) is 0. The Hall–Kier alpha value is -1.09. The standard InChI is InChI=1S/C12H19NO2/c1-5-12(2,3)13(4)9-10(14)11-7-6-8-15-11/h6-8H,5,9H2,1-4H3. The number of hydrogen-bond acceptors (Lipinski definition) is 3.